The van der Waals surface area contributed by atoms with Gasteiger partial charge in [0.25, 0.3) is 0 Å². The molecule has 1 aliphatic heterocycles. The van der Waals surface area contributed by atoms with Gasteiger partial charge in [-0.3, -0.25) is 0 Å². The van der Waals surface area contributed by atoms with Gasteiger partial charge in [0.1, 0.15) is 29.8 Å². The fraction of sp³-hybridized carbons (Fsp3) is 0.0909. The van der Waals surface area contributed by atoms with Crippen LogP contribution in [0.5, 0.6) is 0 Å². The van der Waals surface area contributed by atoms with Crippen molar-refractivity contribution in [2.45, 2.75) is 0 Å². The maximum absolute atomic E-state index is 9.14. The number of nitrogens with zero attached hydrogens (tertiary/aromatic N) is 4. The largest absolute Gasteiger partial charge is 0.392 e. The van der Waals surface area contributed by atoms with E-state index in [9.17, 15) is 0 Å². The van der Waals surface area contributed by atoms with E-state index in [1.54, 1.807) is 18.4 Å². The van der Waals surface area contributed by atoms with Gasteiger partial charge in [-0.25, -0.2) is 0 Å². The van der Waals surface area contributed by atoms with E-state index in [4.69, 9.17) is 26.8 Å². The highest BCUT2D eigenvalue weighted by molar-refractivity contribution is 8.23. The zero-order chi connectivity index (χ0) is 13.7. The first-order valence-electron chi connectivity index (χ1n) is 4.45. The zero-order valence-electron chi connectivity index (χ0n) is 9.18. The molecule has 0 unspecified atom stereocenters. The molecule has 0 aromatic heterocycles. The van der Waals surface area contributed by atoms with E-state index in [-0.39, 0.29) is 27.3 Å². The molecule has 1 heterocycles. The molecule has 1 rings (SSSR count). The second-order valence-corrected chi connectivity index (χ2v) is 5.03. The molecular weight excluding hydrogens is 266 g/mol. The minimum atomic E-state index is -0.280. The Kier molecular flexibility index (Phi) is 4.46. The minimum Gasteiger partial charge on any atom is -0.392 e. The van der Waals surface area contributed by atoms with Crippen LogP contribution in [0.25, 0.3) is 0 Å². The third-order valence-electron chi connectivity index (χ3n) is 2.04. The first kappa shape index (κ1) is 13.7. The van der Waals surface area contributed by atoms with Gasteiger partial charge >= 0.3 is 0 Å². The molecule has 18 heavy (non-hydrogen) atoms. The molecule has 86 valence electrons. The Morgan fingerprint density at radius 3 is 2.06 bits per heavy atom. The van der Waals surface area contributed by atoms with E-state index in [0.29, 0.717) is 4.24 Å². The number of nitrogens with two attached hydrogens (primary N) is 1. The fourth-order valence-corrected chi connectivity index (χ4v) is 2.95. The van der Waals surface area contributed by atoms with Gasteiger partial charge < -0.3 is 5.73 Å². The molecule has 0 aromatic rings. The Morgan fingerprint density at radius 2 is 1.67 bits per heavy atom. The summed E-state index contributed by atoms with van der Waals surface area (Å²) in [6, 6.07) is 7.15. The van der Waals surface area contributed by atoms with Crippen molar-refractivity contribution >= 4 is 23.5 Å². The molecule has 0 saturated carbocycles. The van der Waals surface area contributed by atoms with E-state index in [1.807, 2.05) is 12.1 Å². The van der Waals surface area contributed by atoms with Crippen LogP contribution in [-0.2, 0) is 0 Å². The lowest BCUT2D eigenvalue weighted by Gasteiger charge is -2.17. The minimum absolute atomic E-state index is 0.00690. The summed E-state index contributed by atoms with van der Waals surface area (Å²) >= 11 is 2.38. The topological polar surface area (TPSA) is 121 Å². The van der Waals surface area contributed by atoms with Gasteiger partial charge in [0.15, 0.2) is 0 Å². The molecule has 0 atom stereocenters. The molecule has 0 spiro atoms. The first-order valence-corrected chi connectivity index (χ1v) is 6.49. The summed E-state index contributed by atoms with van der Waals surface area (Å²) in [5.41, 5.74) is 5.63. The van der Waals surface area contributed by atoms with E-state index in [1.165, 1.54) is 11.8 Å². The molecular formula is C11H5N5S2. The predicted molar refractivity (Wildman–Crippen MR) is 68.8 cm³/mol. The number of hydrogen-bond donors (Lipinski definition) is 1. The second-order valence-electron chi connectivity index (χ2n) is 2.91. The summed E-state index contributed by atoms with van der Waals surface area (Å²) in [4.78, 5) is 0. The van der Waals surface area contributed by atoms with Crippen LogP contribution in [-0.4, -0.2) is 6.26 Å². The Bertz CT molecular complexity index is 640. The number of rotatable bonds is 1. The summed E-state index contributed by atoms with van der Waals surface area (Å²) in [5.74, 6) is 0. The van der Waals surface area contributed by atoms with Gasteiger partial charge in [0, 0.05) is 5.57 Å². The van der Waals surface area contributed by atoms with Crippen LogP contribution in [0.3, 0.4) is 0 Å². The quantitative estimate of drug-likeness (QED) is 0.722. The molecule has 0 radical (unpaired) electrons. The predicted octanol–water partition coefficient (Wildman–Crippen LogP) is 1.87. The van der Waals surface area contributed by atoms with E-state index in [0.717, 1.165) is 11.8 Å². The summed E-state index contributed by atoms with van der Waals surface area (Å²) in [7, 11) is 0. The Morgan fingerprint density at radius 1 is 1.11 bits per heavy atom. The van der Waals surface area contributed by atoms with Crippen molar-refractivity contribution in [2.75, 3.05) is 6.26 Å². The maximum atomic E-state index is 9.14. The van der Waals surface area contributed by atoms with Crippen LogP contribution in [0, 0.1) is 45.3 Å². The Labute approximate surface area is 112 Å². The SMILES string of the molecule is CSC1=C(C#N)C(=C(C#N)C#N)C(C#N)=C(N)S1. The van der Waals surface area contributed by atoms with Crippen LogP contribution in [0.2, 0.25) is 0 Å². The standard InChI is InChI=1S/C11H5N5S2/c1-17-11-8(5-15)9(6(2-12)3-13)7(4-14)10(16)18-11/h16H2,1H3. The van der Waals surface area contributed by atoms with Gasteiger partial charge in [-0.2, -0.15) is 21.0 Å². The van der Waals surface area contributed by atoms with Crippen molar-refractivity contribution in [3.8, 4) is 24.3 Å². The van der Waals surface area contributed by atoms with Gasteiger partial charge in [0.05, 0.1) is 20.4 Å². The average Bonchev–Trinajstić information content (AvgIpc) is 2.39. The highest BCUT2D eigenvalue weighted by Gasteiger charge is 2.28. The van der Waals surface area contributed by atoms with Crippen LogP contribution >= 0.6 is 23.5 Å². The van der Waals surface area contributed by atoms with Crippen molar-refractivity contribution in [1.82, 2.24) is 0 Å². The zero-order valence-corrected chi connectivity index (χ0v) is 10.8. The molecule has 0 amide bonds. The molecule has 0 saturated heterocycles. The molecule has 1 aliphatic rings. The van der Waals surface area contributed by atoms with Crippen molar-refractivity contribution in [1.29, 1.82) is 21.0 Å². The fourth-order valence-electron chi connectivity index (χ4n) is 1.30. The summed E-state index contributed by atoms with van der Waals surface area (Å²) < 4.78 is 0.576. The number of thioether (sulfide) groups is 2. The smallest absolute Gasteiger partial charge is 0.139 e. The lowest BCUT2D eigenvalue weighted by Crippen LogP contribution is -2.09. The lowest BCUT2D eigenvalue weighted by atomic mass is 9.96. The van der Waals surface area contributed by atoms with Gasteiger partial charge in [-0.05, 0) is 6.26 Å². The van der Waals surface area contributed by atoms with Crippen molar-refractivity contribution in [3.05, 3.63) is 31.6 Å². The highest BCUT2D eigenvalue weighted by Crippen LogP contribution is 2.44. The van der Waals surface area contributed by atoms with Gasteiger partial charge in [0.2, 0.25) is 0 Å². The highest BCUT2D eigenvalue weighted by atomic mass is 32.2. The van der Waals surface area contributed by atoms with E-state index in [2.05, 4.69) is 0 Å². The molecule has 0 fully saturated rings. The average molecular weight is 271 g/mol. The number of hydrogen-bond acceptors (Lipinski definition) is 7. The van der Waals surface area contributed by atoms with Gasteiger partial charge in [-0.15, -0.1) is 11.8 Å². The van der Waals surface area contributed by atoms with Crippen molar-refractivity contribution < 1.29 is 0 Å². The molecule has 0 bridgehead atoms. The number of nitriles is 4. The molecule has 0 aliphatic carbocycles. The summed E-state index contributed by atoms with van der Waals surface area (Å²) in [5, 5.41) is 36.2. The lowest BCUT2D eigenvalue weighted by molar-refractivity contribution is 1.32. The van der Waals surface area contributed by atoms with Crippen LogP contribution in [0.15, 0.2) is 31.6 Å². The van der Waals surface area contributed by atoms with Crippen LogP contribution < -0.4 is 5.73 Å². The van der Waals surface area contributed by atoms with Crippen molar-refractivity contribution in [3.63, 3.8) is 0 Å². The first-order chi connectivity index (χ1) is 8.64. The van der Waals surface area contributed by atoms with Gasteiger partial charge in [-0.1, -0.05) is 11.8 Å². The second kappa shape index (κ2) is 5.84. The molecule has 0 aromatic carbocycles. The normalized spacial score (nSPS) is 14.4. The Balaban J connectivity index is 3.75. The molecule has 7 heteroatoms. The molecule has 5 nitrogen and oxygen atoms in total. The third-order valence-corrected chi connectivity index (χ3v) is 4.17. The summed E-state index contributed by atoms with van der Waals surface area (Å²) in [6.45, 7) is 0. The monoisotopic (exact) mass is 271 g/mol. The molecule has 2 N–H and O–H groups in total. The number of allylic oxidation sites excluding steroid dienone is 4. The summed E-state index contributed by atoms with van der Waals surface area (Å²) in [6.07, 6.45) is 1.75. The Hall–Kier alpha value is -2.32. The van der Waals surface area contributed by atoms with Crippen molar-refractivity contribution in [2.24, 2.45) is 5.73 Å². The maximum Gasteiger partial charge on any atom is 0.139 e. The van der Waals surface area contributed by atoms with Crippen LogP contribution in [0.4, 0.5) is 0 Å². The van der Waals surface area contributed by atoms with E-state index >= 15 is 0 Å². The third kappa shape index (κ3) is 2.19. The van der Waals surface area contributed by atoms with Crippen LogP contribution in [0.1, 0.15) is 0 Å². The van der Waals surface area contributed by atoms with E-state index < -0.39 is 0 Å².